The summed E-state index contributed by atoms with van der Waals surface area (Å²) >= 11 is 7.07. The van der Waals surface area contributed by atoms with Crippen LogP contribution in [0.15, 0.2) is 0 Å². The molecule has 40 valence electrons. The maximum atomic E-state index is 4.84. The molecular formula is C3H5IN2S. The molecule has 0 bridgehead atoms. The minimum atomic E-state index is 0.902. The van der Waals surface area contributed by atoms with Crippen LogP contribution >= 0.6 is 35.1 Å². The highest BCUT2D eigenvalue weighted by molar-refractivity contribution is 14.1. The molecule has 0 radical (unpaired) electrons. The van der Waals surface area contributed by atoms with Crippen LogP contribution < -0.4 is 5.32 Å². The van der Waals surface area contributed by atoms with Crippen molar-refractivity contribution in [3.8, 4) is 0 Å². The molecule has 0 atom stereocenters. The third-order valence-electron chi connectivity index (χ3n) is 0.763. The van der Waals surface area contributed by atoms with E-state index in [2.05, 4.69) is 31.3 Å². The Morgan fingerprint density at radius 3 is 2.71 bits per heavy atom. The Morgan fingerprint density at radius 2 is 2.57 bits per heavy atom. The van der Waals surface area contributed by atoms with Crippen molar-refractivity contribution in [3.63, 3.8) is 0 Å². The molecule has 1 fully saturated rings. The van der Waals surface area contributed by atoms with E-state index in [0.29, 0.717) is 0 Å². The zero-order valence-electron chi connectivity index (χ0n) is 3.65. The number of halogens is 1. The maximum Gasteiger partial charge on any atom is 0.0915 e. The van der Waals surface area contributed by atoms with E-state index in [4.69, 9.17) is 12.2 Å². The summed E-state index contributed by atoms with van der Waals surface area (Å²) in [5, 5.41) is 3.02. The van der Waals surface area contributed by atoms with Crippen LogP contribution in [0.3, 0.4) is 0 Å². The Balaban J connectivity index is 2.40. The van der Waals surface area contributed by atoms with E-state index in [1.807, 2.05) is 0 Å². The molecular weight excluding hydrogens is 223 g/mol. The van der Waals surface area contributed by atoms with Crippen molar-refractivity contribution >= 4 is 40.1 Å². The maximum absolute atomic E-state index is 4.84. The zero-order chi connectivity index (χ0) is 5.28. The minimum Gasteiger partial charge on any atom is -0.365 e. The highest BCUT2D eigenvalue weighted by Gasteiger charge is 2.10. The molecule has 0 aliphatic carbocycles. The quantitative estimate of drug-likeness (QED) is 0.370. The first-order chi connectivity index (χ1) is 3.29. The Bertz CT molecular complexity index is 94.9. The van der Waals surface area contributed by atoms with Crippen LogP contribution in [0, 0.1) is 0 Å². The molecule has 0 aromatic carbocycles. The van der Waals surface area contributed by atoms with Crippen molar-refractivity contribution in [2.24, 2.45) is 0 Å². The summed E-state index contributed by atoms with van der Waals surface area (Å²) in [6.45, 7) is 1.81. The number of hydrogen-bond donors (Lipinski definition) is 1. The molecule has 1 rings (SSSR count). The van der Waals surface area contributed by atoms with Gasteiger partial charge in [0.25, 0.3) is 0 Å². The smallest absolute Gasteiger partial charge is 0.0915 e. The van der Waals surface area contributed by atoms with Crippen LogP contribution in [0.1, 0.15) is 0 Å². The SMILES string of the molecule is S=C1CN(I)CN1. The lowest BCUT2D eigenvalue weighted by Crippen LogP contribution is -2.12. The van der Waals surface area contributed by atoms with Gasteiger partial charge in [0.2, 0.25) is 0 Å². The highest BCUT2D eigenvalue weighted by Crippen LogP contribution is 2.00. The van der Waals surface area contributed by atoms with Crippen molar-refractivity contribution in [3.05, 3.63) is 0 Å². The van der Waals surface area contributed by atoms with Crippen LogP contribution in [0.2, 0.25) is 0 Å². The summed E-state index contributed by atoms with van der Waals surface area (Å²) in [4.78, 5) is 0.953. The highest BCUT2D eigenvalue weighted by atomic mass is 127. The molecule has 7 heavy (non-hydrogen) atoms. The summed E-state index contributed by atoms with van der Waals surface area (Å²) in [5.74, 6) is 0. The van der Waals surface area contributed by atoms with Crippen molar-refractivity contribution < 1.29 is 0 Å². The molecule has 4 heteroatoms. The number of hydrogen-bond acceptors (Lipinski definition) is 2. The van der Waals surface area contributed by atoms with Gasteiger partial charge in [0, 0.05) is 22.9 Å². The van der Waals surface area contributed by atoms with E-state index >= 15 is 0 Å². The fraction of sp³-hybridized carbons (Fsp3) is 0.667. The first kappa shape index (κ1) is 5.71. The standard InChI is InChI=1S/C3H5IN2S/c4-6-1-3(7)5-2-6/h1-2H2,(H,5,7). The summed E-state index contributed by atoms with van der Waals surface area (Å²) < 4.78 is 2.10. The topological polar surface area (TPSA) is 15.3 Å². The van der Waals surface area contributed by atoms with Gasteiger partial charge in [-0.25, -0.2) is 3.11 Å². The molecule has 1 aliphatic heterocycles. The third-order valence-corrected chi connectivity index (χ3v) is 1.72. The fourth-order valence-electron chi connectivity index (χ4n) is 0.442. The second kappa shape index (κ2) is 2.23. The summed E-state index contributed by atoms with van der Waals surface area (Å²) in [6, 6.07) is 0. The summed E-state index contributed by atoms with van der Waals surface area (Å²) in [7, 11) is 0. The third kappa shape index (κ3) is 1.50. The molecule has 2 nitrogen and oxygen atoms in total. The van der Waals surface area contributed by atoms with Crippen molar-refractivity contribution in [2.45, 2.75) is 0 Å². The lowest BCUT2D eigenvalue weighted by atomic mass is 10.7. The fourth-order valence-corrected chi connectivity index (χ4v) is 1.41. The van der Waals surface area contributed by atoms with Crippen molar-refractivity contribution in [1.29, 1.82) is 0 Å². The van der Waals surface area contributed by atoms with Crippen LogP contribution in [0.4, 0.5) is 0 Å². The second-order valence-electron chi connectivity index (χ2n) is 1.38. The van der Waals surface area contributed by atoms with Crippen LogP contribution in [0.25, 0.3) is 0 Å². The Morgan fingerprint density at radius 1 is 1.86 bits per heavy atom. The lowest BCUT2D eigenvalue weighted by molar-refractivity contribution is 0.623. The molecule has 1 N–H and O–H groups in total. The molecule has 1 saturated heterocycles. The molecule has 1 aliphatic rings. The van der Waals surface area contributed by atoms with Crippen LogP contribution in [0.5, 0.6) is 0 Å². The largest absolute Gasteiger partial charge is 0.365 e. The first-order valence-electron chi connectivity index (χ1n) is 1.96. The molecule has 0 amide bonds. The van der Waals surface area contributed by atoms with Gasteiger partial charge in [-0.2, -0.15) is 0 Å². The molecule has 0 saturated carbocycles. The van der Waals surface area contributed by atoms with Gasteiger partial charge in [-0.05, 0) is 0 Å². The Kier molecular flexibility index (Phi) is 1.82. The first-order valence-corrected chi connectivity index (χ1v) is 3.34. The second-order valence-corrected chi connectivity index (χ2v) is 3.24. The van der Waals surface area contributed by atoms with Gasteiger partial charge in [0.05, 0.1) is 18.2 Å². The monoisotopic (exact) mass is 228 g/mol. The number of thiocarbonyl (C=S) groups is 1. The van der Waals surface area contributed by atoms with E-state index < -0.39 is 0 Å². The lowest BCUT2D eigenvalue weighted by Gasteiger charge is -1.95. The number of nitrogens with zero attached hydrogens (tertiary/aromatic N) is 1. The van der Waals surface area contributed by atoms with Crippen molar-refractivity contribution in [1.82, 2.24) is 8.43 Å². The van der Waals surface area contributed by atoms with Gasteiger partial charge < -0.3 is 5.32 Å². The molecule has 1 heterocycles. The van der Waals surface area contributed by atoms with Gasteiger partial charge >= 0.3 is 0 Å². The van der Waals surface area contributed by atoms with Crippen LogP contribution in [-0.2, 0) is 0 Å². The number of nitrogens with one attached hydrogen (secondary N) is 1. The van der Waals surface area contributed by atoms with Crippen LogP contribution in [-0.4, -0.2) is 21.3 Å². The molecule has 0 spiro atoms. The Hall–Kier alpha value is 0.580. The van der Waals surface area contributed by atoms with Gasteiger partial charge in [0.1, 0.15) is 0 Å². The average molecular weight is 228 g/mol. The molecule has 0 aromatic rings. The van der Waals surface area contributed by atoms with Crippen molar-refractivity contribution in [2.75, 3.05) is 13.2 Å². The summed E-state index contributed by atoms with van der Waals surface area (Å²) in [5.41, 5.74) is 0. The summed E-state index contributed by atoms with van der Waals surface area (Å²) in [6.07, 6.45) is 0. The van der Waals surface area contributed by atoms with Gasteiger partial charge in [-0.1, -0.05) is 12.2 Å². The average Bonchev–Trinajstić information content (AvgIpc) is 1.87. The number of rotatable bonds is 0. The molecule has 0 unspecified atom stereocenters. The zero-order valence-corrected chi connectivity index (χ0v) is 6.62. The van der Waals surface area contributed by atoms with E-state index in [0.717, 1.165) is 18.2 Å². The Labute approximate surface area is 61.8 Å². The predicted octanol–water partition coefficient (Wildman–Crippen LogP) is 0.526. The molecule has 0 aromatic heterocycles. The van der Waals surface area contributed by atoms with E-state index in [9.17, 15) is 0 Å². The van der Waals surface area contributed by atoms with Gasteiger partial charge in [-0.15, -0.1) is 0 Å². The van der Waals surface area contributed by atoms with E-state index in [1.54, 1.807) is 0 Å². The van der Waals surface area contributed by atoms with E-state index in [-0.39, 0.29) is 0 Å². The minimum absolute atomic E-state index is 0.902. The van der Waals surface area contributed by atoms with E-state index in [1.165, 1.54) is 0 Å². The predicted molar refractivity (Wildman–Crippen MR) is 41.3 cm³/mol. The van der Waals surface area contributed by atoms with Gasteiger partial charge in [0.15, 0.2) is 0 Å². The van der Waals surface area contributed by atoms with Gasteiger partial charge in [-0.3, -0.25) is 0 Å². The normalized spacial score (nSPS) is 22.7.